The molecule has 24 heavy (non-hydrogen) atoms. The molecule has 4 nitrogen and oxygen atoms in total. The largest absolute Gasteiger partial charge is 0.366 e. The van der Waals surface area contributed by atoms with Crippen molar-refractivity contribution >= 4 is 23.4 Å². The van der Waals surface area contributed by atoms with Crippen LogP contribution in [0.3, 0.4) is 0 Å². The SMILES string of the molecule is NC(=O)c1ccc(CN(C(=O)c2ccc(Cl)cc2F)C2CC2)cc1. The molecule has 0 saturated heterocycles. The first kappa shape index (κ1) is 16.5. The number of nitrogens with zero attached hydrogens (tertiary/aromatic N) is 1. The van der Waals surface area contributed by atoms with Crippen molar-refractivity contribution in [1.29, 1.82) is 0 Å². The summed E-state index contributed by atoms with van der Waals surface area (Å²) in [4.78, 5) is 25.5. The standard InChI is InChI=1S/C18H16ClFN2O2/c19-13-5-8-15(16(20)9-13)18(24)22(14-6-7-14)10-11-1-3-12(4-2-11)17(21)23/h1-5,8-9,14H,6-7,10H2,(H2,21,23). The predicted molar refractivity (Wildman–Crippen MR) is 89.3 cm³/mol. The molecule has 124 valence electrons. The Kier molecular flexibility index (Phi) is 4.53. The number of halogens is 2. The van der Waals surface area contributed by atoms with Gasteiger partial charge in [0.15, 0.2) is 0 Å². The Labute approximate surface area is 144 Å². The zero-order valence-electron chi connectivity index (χ0n) is 12.8. The molecule has 0 spiro atoms. The van der Waals surface area contributed by atoms with Crippen LogP contribution in [0.15, 0.2) is 42.5 Å². The molecule has 1 fully saturated rings. The molecule has 0 unspecified atom stereocenters. The number of carbonyl (C=O) groups is 2. The van der Waals surface area contributed by atoms with Gasteiger partial charge >= 0.3 is 0 Å². The first-order valence-electron chi connectivity index (χ1n) is 7.60. The minimum atomic E-state index is -0.623. The van der Waals surface area contributed by atoms with Gasteiger partial charge in [0, 0.05) is 23.2 Å². The van der Waals surface area contributed by atoms with Crippen molar-refractivity contribution in [2.24, 2.45) is 5.73 Å². The summed E-state index contributed by atoms with van der Waals surface area (Å²) in [5.41, 5.74) is 6.50. The summed E-state index contributed by atoms with van der Waals surface area (Å²) in [5.74, 6) is -1.48. The van der Waals surface area contributed by atoms with Crippen LogP contribution in [0.4, 0.5) is 4.39 Å². The van der Waals surface area contributed by atoms with E-state index in [1.807, 2.05) is 0 Å². The van der Waals surface area contributed by atoms with Crippen molar-refractivity contribution in [1.82, 2.24) is 4.90 Å². The van der Waals surface area contributed by atoms with Crippen LogP contribution in [0.1, 0.15) is 39.1 Å². The molecular weight excluding hydrogens is 331 g/mol. The molecule has 2 aromatic carbocycles. The lowest BCUT2D eigenvalue weighted by Gasteiger charge is -2.23. The Morgan fingerprint density at radius 1 is 1.17 bits per heavy atom. The van der Waals surface area contributed by atoms with Gasteiger partial charge in [-0.1, -0.05) is 23.7 Å². The normalized spacial score (nSPS) is 13.6. The van der Waals surface area contributed by atoms with E-state index in [-0.39, 0.29) is 22.5 Å². The third-order valence-electron chi connectivity index (χ3n) is 4.00. The van der Waals surface area contributed by atoms with Gasteiger partial charge in [0.05, 0.1) is 5.56 Å². The molecule has 1 saturated carbocycles. The van der Waals surface area contributed by atoms with Crippen LogP contribution < -0.4 is 5.73 Å². The maximum Gasteiger partial charge on any atom is 0.257 e. The van der Waals surface area contributed by atoms with E-state index >= 15 is 0 Å². The number of carbonyl (C=O) groups excluding carboxylic acids is 2. The molecule has 0 aromatic heterocycles. The minimum Gasteiger partial charge on any atom is -0.366 e. The van der Waals surface area contributed by atoms with Gasteiger partial charge < -0.3 is 10.6 Å². The van der Waals surface area contributed by atoms with Crippen molar-refractivity contribution < 1.29 is 14.0 Å². The quantitative estimate of drug-likeness (QED) is 0.902. The molecular formula is C18H16ClFN2O2. The minimum absolute atomic E-state index is 0.0139. The van der Waals surface area contributed by atoms with Crippen LogP contribution in [0.5, 0.6) is 0 Å². The highest BCUT2D eigenvalue weighted by atomic mass is 35.5. The van der Waals surface area contributed by atoms with Crippen LogP contribution in [0.25, 0.3) is 0 Å². The summed E-state index contributed by atoms with van der Waals surface area (Å²) < 4.78 is 14.0. The first-order valence-corrected chi connectivity index (χ1v) is 7.98. The average molecular weight is 347 g/mol. The molecule has 0 atom stereocenters. The van der Waals surface area contributed by atoms with E-state index in [0.29, 0.717) is 12.1 Å². The van der Waals surface area contributed by atoms with E-state index in [2.05, 4.69) is 0 Å². The van der Waals surface area contributed by atoms with E-state index in [9.17, 15) is 14.0 Å². The van der Waals surface area contributed by atoms with Crippen molar-refractivity contribution in [3.05, 3.63) is 70.0 Å². The summed E-state index contributed by atoms with van der Waals surface area (Å²) in [6.45, 7) is 0.352. The number of amides is 2. The number of rotatable bonds is 5. The second kappa shape index (κ2) is 6.61. The van der Waals surface area contributed by atoms with Gasteiger partial charge in [-0.05, 0) is 48.7 Å². The lowest BCUT2D eigenvalue weighted by molar-refractivity contribution is 0.0725. The third kappa shape index (κ3) is 3.57. The summed E-state index contributed by atoms with van der Waals surface area (Å²) in [7, 11) is 0. The maximum atomic E-state index is 14.0. The lowest BCUT2D eigenvalue weighted by Crippen LogP contribution is -2.33. The highest BCUT2D eigenvalue weighted by Crippen LogP contribution is 2.30. The van der Waals surface area contributed by atoms with Crippen LogP contribution in [-0.4, -0.2) is 22.8 Å². The lowest BCUT2D eigenvalue weighted by atomic mass is 10.1. The van der Waals surface area contributed by atoms with E-state index in [4.69, 9.17) is 17.3 Å². The third-order valence-corrected chi connectivity index (χ3v) is 4.24. The predicted octanol–water partition coefficient (Wildman–Crippen LogP) is 3.38. The average Bonchev–Trinajstić information content (AvgIpc) is 3.37. The Morgan fingerprint density at radius 3 is 2.38 bits per heavy atom. The van der Waals surface area contributed by atoms with Crippen LogP contribution >= 0.6 is 11.6 Å². The number of hydrogen-bond donors (Lipinski definition) is 1. The van der Waals surface area contributed by atoms with Crippen molar-refractivity contribution in [3.63, 3.8) is 0 Å². The number of nitrogens with two attached hydrogens (primary N) is 1. The van der Waals surface area contributed by atoms with Crippen molar-refractivity contribution in [2.75, 3.05) is 0 Å². The summed E-state index contributed by atoms with van der Waals surface area (Å²) in [6, 6.07) is 10.9. The van der Waals surface area contributed by atoms with Gasteiger partial charge in [0.2, 0.25) is 5.91 Å². The van der Waals surface area contributed by atoms with E-state index < -0.39 is 11.7 Å². The number of primary amides is 1. The van der Waals surface area contributed by atoms with E-state index in [0.717, 1.165) is 24.5 Å². The molecule has 2 aromatic rings. The topological polar surface area (TPSA) is 63.4 Å². The zero-order valence-corrected chi connectivity index (χ0v) is 13.6. The van der Waals surface area contributed by atoms with Gasteiger partial charge in [-0.2, -0.15) is 0 Å². The van der Waals surface area contributed by atoms with E-state index in [1.165, 1.54) is 12.1 Å². The van der Waals surface area contributed by atoms with Crippen molar-refractivity contribution in [3.8, 4) is 0 Å². The summed E-state index contributed by atoms with van der Waals surface area (Å²) in [6.07, 6.45) is 1.81. The first-order chi connectivity index (χ1) is 11.5. The number of benzene rings is 2. The Morgan fingerprint density at radius 2 is 1.83 bits per heavy atom. The van der Waals surface area contributed by atoms with Crippen LogP contribution in [0.2, 0.25) is 5.02 Å². The fourth-order valence-corrected chi connectivity index (χ4v) is 2.70. The second-order valence-electron chi connectivity index (χ2n) is 5.85. The van der Waals surface area contributed by atoms with Gasteiger partial charge in [0.1, 0.15) is 5.82 Å². The molecule has 2 amide bonds. The molecule has 0 radical (unpaired) electrons. The van der Waals surface area contributed by atoms with Gasteiger partial charge in [0.25, 0.3) is 5.91 Å². The van der Waals surface area contributed by atoms with Gasteiger partial charge in [-0.15, -0.1) is 0 Å². The summed E-state index contributed by atoms with van der Waals surface area (Å²) in [5, 5.41) is 0.254. The smallest absolute Gasteiger partial charge is 0.257 e. The Hall–Kier alpha value is -2.40. The molecule has 0 heterocycles. The van der Waals surface area contributed by atoms with Gasteiger partial charge in [-0.25, -0.2) is 4.39 Å². The zero-order chi connectivity index (χ0) is 17.3. The molecule has 3 rings (SSSR count). The van der Waals surface area contributed by atoms with Crippen LogP contribution in [0, 0.1) is 5.82 Å². The molecule has 0 bridgehead atoms. The number of hydrogen-bond acceptors (Lipinski definition) is 2. The molecule has 2 N–H and O–H groups in total. The highest BCUT2D eigenvalue weighted by molar-refractivity contribution is 6.30. The maximum absolute atomic E-state index is 14.0. The molecule has 6 heteroatoms. The molecule has 1 aliphatic carbocycles. The fourth-order valence-electron chi connectivity index (χ4n) is 2.54. The molecule has 0 aliphatic heterocycles. The van der Waals surface area contributed by atoms with Crippen LogP contribution in [-0.2, 0) is 6.54 Å². The van der Waals surface area contributed by atoms with Gasteiger partial charge in [-0.3, -0.25) is 9.59 Å². The van der Waals surface area contributed by atoms with E-state index in [1.54, 1.807) is 29.2 Å². The Bertz CT molecular complexity index is 788. The molecule has 1 aliphatic rings. The summed E-state index contributed by atoms with van der Waals surface area (Å²) >= 11 is 5.74. The Balaban J connectivity index is 1.82. The fraction of sp³-hybridized carbons (Fsp3) is 0.222. The highest BCUT2D eigenvalue weighted by Gasteiger charge is 2.34. The van der Waals surface area contributed by atoms with Crippen molar-refractivity contribution in [2.45, 2.75) is 25.4 Å². The monoisotopic (exact) mass is 346 g/mol. The second-order valence-corrected chi connectivity index (χ2v) is 6.29.